The number of fused-ring (bicyclic) bond motifs is 5. The Bertz CT molecular complexity index is 1120. The topological polar surface area (TPSA) is 54.0 Å². The predicted octanol–water partition coefficient (Wildman–Crippen LogP) is 5.84. The van der Waals surface area contributed by atoms with E-state index < -0.39 is 0 Å². The van der Waals surface area contributed by atoms with Gasteiger partial charge in [-0.25, -0.2) is 0 Å². The normalized spacial score (nSPS) is 28.7. The Kier molecular flexibility index (Phi) is 5.83. The Morgan fingerprint density at radius 1 is 0.941 bits per heavy atom. The second-order valence-electron chi connectivity index (χ2n) is 10.1. The van der Waals surface area contributed by atoms with Crippen molar-refractivity contribution in [3.8, 4) is 23.0 Å². The summed E-state index contributed by atoms with van der Waals surface area (Å²) in [5.74, 6) is 4.45. The average Bonchev–Trinajstić information content (AvgIpc) is 3.12. The zero-order chi connectivity index (χ0) is 24.0. The Hall–Kier alpha value is -2.95. The van der Waals surface area contributed by atoms with Crippen LogP contribution in [-0.2, 0) is 11.2 Å². The van der Waals surface area contributed by atoms with E-state index in [1.54, 1.807) is 28.4 Å². The Balaban J connectivity index is 1.48. The SMILES string of the molecule is COc1ccc2c(c1)CCC1C2CCC2(C)C(=O)C(=Cc3cc(OC)c(OC)c(OC)c3)CC12. The van der Waals surface area contributed by atoms with Crippen molar-refractivity contribution in [3.63, 3.8) is 0 Å². The van der Waals surface area contributed by atoms with Crippen LogP contribution in [0.4, 0.5) is 0 Å². The van der Waals surface area contributed by atoms with Crippen LogP contribution in [0.2, 0.25) is 0 Å². The summed E-state index contributed by atoms with van der Waals surface area (Å²) in [6, 6.07) is 10.4. The number of aryl methyl sites for hydroxylation is 1. The van der Waals surface area contributed by atoms with Crippen LogP contribution in [0.5, 0.6) is 23.0 Å². The van der Waals surface area contributed by atoms with Crippen molar-refractivity contribution in [2.24, 2.45) is 17.3 Å². The predicted molar refractivity (Wildman–Crippen MR) is 132 cm³/mol. The molecule has 0 aromatic heterocycles. The van der Waals surface area contributed by atoms with E-state index >= 15 is 0 Å². The fourth-order valence-corrected chi connectivity index (χ4v) is 6.87. The molecule has 4 unspecified atom stereocenters. The van der Waals surface area contributed by atoms with Gasteiger partial charge < -0.3 is 18.9 Å². The number of ketones is 1. The van der Waals surface area contributed by atoms with Gasteiger partial charge in [0.25, 0.3) is 0 Å². The van der Waals surface area contributed by atoms with E-state index in [4.69, 9.17) is 18.9 Å². The van der Waals surface area contributed by atoms with Crippen molar-refractivity contribution in [1.82, 2.24) is 0 Å². The molecule has 34 heavy (non-hydrogen) atoms. The molecule has 0 bridgehead atoms. The summed E-state index contributed by atoms with van der Waals surface area (Å²) in [6.45, 7) is 2.20. The molecule has 2 fully saturated rings. The molecular formula is C29H34O5. The largest absolute Gasteiger partial charge is 0.497 e. The van der Waals surface area contributed by atoms with Gasteiger partial charge in [-0.1, -0.05) is 13.0 Å². The van der Waals surface area contributed by atoms with Crippen molar-refractivity contribution in [2.75, 3.05) is 28.4 Å². The van der Waals surface area contributed by atoms with Crippen LogP contribution in [0.3, 0.4) is 0 Å². The Labute approximate surface area is 202 Å². The second kappa shape index (κ2) is 8.68. The zero-order valence-electron chi connectivity index (χ0n) is 20.8. The maximum absolute atomic E-state index is 13.7. The van der Waals surface area contributed by atoms with Gasteiger partial charge >= 0.3 is 0 Å². The highest BCUT2D eigenvalue weighted by Crippen LogP contribution is 2.61. The molecule has 2 aromatic carbocycles. The summed E-state index contributed by atoms with van der Waals surface area (Å²) in [6.07, 6.45) is 7.07. The van der Waals surface area contributed by atoms with E-state index in [0.29, 0.717) is 40.8 Å². The highest BCUT2D eigenvalue weighted by atomic mass is 16.5. The Morgan fingerprint density at radius 2 is 1.68 bits per heavy atom. The highest BCUT2D eigenvalue weighted by Gasteiger charge is 2.56. The molecule has 0 heterocycles. The molecule has 4 atom stereocenters. The lowest BCUT2D eigenvalue weighted by Gasteiger charge is -2.48. The lowest BCUT2D eigenvalue weighted by atomic mass is 9.55. The fraction of sp³-hybridized carbons (Fsp3) is 0.483. The van der Waals surface area contributed by atoms with E-state index in [-0.39, 0.29) is 5.41 Å². The molecule has 0 amide bonds. The van der Waals surface area contributed by atoms with Gasteiger partial charge in [-0.3, -0.25) is 4.79 Å². The molecule has 0 spiro atoms. The van der Waals surface area contributed by atoms with Gasteiger partial charge in [-0.15, -0.1) is 0 Å². The number of carbonyl (C=O) groups excluding carboxylic acids is 1. The van der Waals surface area contributed by atoms with Crippen LogP contribution in [0.25, 0.3) is 6.08 Å². The molecule has 5 rings (SSSR count). The molecule has 3 aliphatic carbocycles. The quantitative estimate of drug-likeness (QED) is 0.523. The average molecular weight is 463 g/mol. The van der Waals surface area contributed by atoms with Crippen LogP contribution >= 0.6 is 0 Å². The monoisotopic (exact) mass is 462 g/mol. The number of hydrogen-bond acceptors (Lipinski definition) is 5. The smallest absolute Gasteiger partial charge is 0.203 e. The molecule has 2 aromatic rings. The number of benzene rings is 2. The standard InChI is InChI=1S/C29H34O5/c1-29-11-10-22-21-9-7-20(31-2)15-18(21)6-8-23(22)24(29)16-19(28(29)30)12-17-13-25(32-3)27(34-5)26(14-17)33-4/h7,9,12-15,22-24H,6,8,10-11,16H2,1-5H3. The van der Waals surface area contributed by atoms with Crippen molar-refractivity contribution in [2.45, 2.75) is 44.9 Å². The van der Waals surface area contributed by atoms with Gasteiger partial charge in [0.2, 0.25) is 5.75 Å². The van der Waals surface area contributed by atoms with Gasteiger partial charge in [0.15, 0.2) is 17.3 Å². The van der Waals surface area contributed by atoms with Crippen molar-refractivity contribution < 1.29 is 23.7 Å². The van der Waals surface area contributed by atoms with E-state index in [1.165, 1.54) is 11.1 Å². The van der Waals surface area contributed by atoms with E-state index in [0.717, 1.165) is 49.0 Å². The third-order valence-electron chi connectivity index (χ3n) is 8.60. The molecule has 180 valence electrons. The second-order valence-corrected chi connectivity index (χ2v) is 10.1. The van der Waals surface area contributed by atoms with Crippen molar-refractivity contribution in [3.05, 3.63) is 52.6 Å². The van der Waals surface area contributed by atoms with Crippen LogP contribution in [0, 0.1) is 17.3 Å². The third-order valence-corrected chi connectivity index (χ3v) is 8.60. The molecule has 0 N–H and O–H groups in total. The maximum Gasteiger partial charge on any atom is 0.203 e. The van der Waals surface area contributed by atoms with Crippen molar-refractivity contribution in [1.29, 1.82) is 0 Å². The van der Waals surface area contributed by atoms with Gasteiger partial charge in [0.1, 0.15) is 5.75 Å². The molecular weight excluding hydrogens is 428 g/mol. The number of ether oxygens (including phenoxy) is 4. The van der Waals surface area contributed by atoms with Gasteiger partial charge in [-0.2, -0.15) is 0 Å². The first kappa shape index (κ1) is 22.8. The lowest BCUT2D eigenvalue weighted by Crippen LogP contribution is -2.42. The van der Waals surface area contributed by atoms with Crippen LogP contribution in [0.1, 0.15) is 55.2 Å². The number of allylic oxidation sites excluding steroid dienone is 1. The number of carbonyl (C=O) groups is 1. The first-order chi connectivity index (χ1) is 16.4. The van der Waals surface area contributed by atoms with Crippen LogP contribution in [-0.4, -0.2) is 34.2 Å². The number of Topliss-reactive ketones (excluding diaryl/α,β-unsaturated/α-hetero) is 1. The summed E-state index contributed by atoms with van der Waals surface area (Å²) in [4.78, 5) is 13.7. The van der Waals surface area contributed by atoms with Gasteiger partial charge in [0.05, 0.1) is 28.4 Å². The molecule has 5 heteroatoms. The summed E-state index contributed by atoms with van der Waals surface area (Å²) in [7, 11) is 6.55. The Morgan fingerprint density at radius 3 is 2.32 bits per heavy atom. The number of rotatable bonds is 5. The zero-order valence-corrected chi connectivity index (χ0v) is 20.8. The molecule has 0 saturated heterocycles. The number of hydrogen-bond donors (Lipinski definition) is 0. The molecule has 3 aliphatic rings. The minimum absolute atomic E-state index is 0.280. The summed E-state index contributed by atoms with van der Waals surface area (Å²) in [5, 5.41) is 0. The molecule has 2 saturated carbocycles. The van der Waals surface area contributed by atoms with E-state index in [1.807, 2.05) is 18.2 Å². The number of methoxy groups -OCH3 is 4. The fourth-order valence-electron chi connectivity index (χ4n) is 6.87. The van der Waals surface area contributed by atoms with Crippen LogP contribution in [0.15, 0.2) is 35.9 Å². The molecule has 5 nitrogen and oxygen atoms in total. The van der Waals surface area contributed by atoms with Crippen LogP contribution < -0.4 is 18.9 Å². The van der Waals surface area contributed by atoms with E-state index in [9.17, 15) is 4.79 Å². The lowest BCUT2D eigenvalue weighted by molar-refractivity contribution is -0.127. The minimum Gasteiger partial charge on any atom is -0.497 e. The van der Waals surface area contributed by atoms with Gasteiger partial charge in [-0.05, 0) is 102 Å². The first-order valence-electron chi connectivity index (χ1n) is 12.2. The molecule has 0 radical (unpaired) electrons. The summed E-state index contributed by atoms with van der Waals surface area (Å²) < 4.78 is 21.9. The maximum atomic E-state index is 13.7. The minimum atomic E-state index is -0.280. The molecule has 0 aliphatic heterocycles. The van der Waals surface area contributed by atoms with Gasteiger partial charge in [0, 0.05) is 5.41 Å². The summed E-state index contributed by atoms with van der Waals surface area (Å²) in [5.41, 5.74) is 4.42. The van der Waals surface area contributed by atoms with Crippen molar-refractivity contribution >= 4 is 11.9 Å². The highest BCUT2D eigenvalue weighted by molar-refractivity contribution is 6.06. The summed E-state index contributed by atoms with van der Waals surface area (Å²) >= 11 is 0. The third kappa shape index (κ3) is 3.48. The van der Waals surface area contributed by atoms with E-state index in [2.05, 4.69) is 25.1 Å². The first-order valence-corrected chi connectivity index (χ1v) is 12.2.